The third-order valence-electron chi connectivity index (χ3n) is 3.86. The second-order valence-corrected chi connectivity index (χ2v) is 5.52. The van der Waals surface area contributed by atoms with Crippen molar-refractivity contribution in [2.75, 3.05) is 0 Å². The summed E-state index contributed by atoms with van der Waals surface area (Å²) in [4.78, 5) is 0. The van der Waals surface area contributed by atoms with Crippen molar-refractivity contribution in [1.29, 1.82) is 0 Å². The fourth-order valence-electron chi connectivity index (χ4n) is 2.81. The topological polar surface area (TPSA) is 26.0 Å². The van der Waals surface area contributed by atoms with Gasteiger partial charge in [0.1, 0.15) is 5.82 Å². The lowest BCUT2D eigenvalue weighted by molar-refractivity contribution is 0.498. The van der Waals surface area contributed by atoms with Gasteiger partial charge in [-0.1, -0.05) is 41.9 Å². The van der Waals surface area contributed by atoms with Gasteiger partial charge in [0.2, 0.25) is 0 Å². The summed E-state index contributed by atoms with van der Waals surface area (Å²) in [5.41, 5.74) is 9.83. The van der Waals surface area contributed by atoms with Crippen LogP contribution in [0.3, 0.4) is 0 Å². The van der Waals surface area contributed by atoms with E-state index in [1.54, 1.807) is 6.07 Å². The van der Waals surface area contributed by atoms with E-state index in [0.29, 0.717) is 10.9 Å². The molecule has 2 aromatic carbocycles. The van der Waals surface area contributed by atoms with Crippen molar-refractivity contribution in [3.8, 4) is 0 Å². The van der Waals surface area contributed by atoms with Gasteiger partial charge in [0.25, 0.3) is 0 Å². The standard InChI is InChI=1S/C16H15ClFN/c17-15-9-12(18)5-6-14(15)16(19)8-11-7-10-3-1-2-4-13(10)11/h1-6,9,11,16H,7-8,19H2. The molecule has 2 unspecified atom stereocenters. The summed E-state index contributed by atoms with van der Waals surface area (Å²) in [7, 11) is 0. The predicted molar refractivity (Wildman–Crippen MR) is 75.8 cm³/mol. The molecular formula is C16H15ClFN. The zero-order valence-electron chi connectivity index (χ0n) is 10.4. The van der Waals surface area contributed by atoms with Crippen LogP contribution in [0, 0.1) is 5.82 Å². The first-order chi connectivity index (χ1) is 9.15. The molecule has 0 bridgehead atoms. The van der Waals surface area contributed by atoms with Gasteiger partial charge < -0.3 is 5.73 Å². The Labute approximate surface area is 117 Å². The smallest absolute Gasteiger partial charge is 0.124 e. The Balaban J connectivity index is 1.75. The lowest BCUT2D eigenvalue weighted by atomic mass is 9.74. The van der Waals surface area contributed by atoms with Gasteiger partial charge >= 0.3 is 0 Å². The molecule has 1 aliphatic carbocycles. The van der Waals surface area contributed by atoms with Crippen molar-refractivity contribution in [2.24, 2.45) is 5.73 Å². The van der Waals surface area contributed by atoms with Crippen LogP contribution in [0.15, 0.2) is 42.5 Å². The highest BCUT2D eigenvalue weighted by molar-refractivity contribution is 6.31. The van der Waals surface area contributed by atoms with Crippen molar-refractivity contribution in [1.82, 2.24) is 0 Å². The quantitative estimate of drug-likeness (QED) is 0.892. The maximum Gasteiger partial charge on any atom is 0.124 e. The van der Waals surface area contributed by atoms with Crippen molar-refractivity contribution >= 4 is 11.6 Å². The first kappa shape index (κ1) is 12.6. The lowest BCUT2D eigenvalue weighted by Crippen LogP contribution is -2.23. The number of hydrogen-bond acceptors (Lipinski definition) is 1. The number of fused-ring (bicyclic) bond motifs is 1. The molecule has 0 amide bonds. The maximum absolute atomic E-state index is 13.0. The minimum atomic E-state index is -0.324. The molecule has 98 valence electrons. The molecule has 0 fully saturated rings. The van der Waals surface area contributed by atoms with Gasteiger partial charge in [0, 0.05) is 11.1 Å². The molecule has 0 saturated heterocycles. The number of rotatable bonds is 3. The normalized spacial score (nSPS) is 18.6. The minimum absolute atomic E-state index is 0.147. The van der Waals surface area contributed by atoms with Gasteiger partial charge in [-0.3, -0.25) is 0 Å². The van der Waals surface area contributed by atoms with E-state index in [4.69, 9.17) is 17.3 Å². The number of halogens is 2. The third kappa shape index (κ3) is 2.38. The van der Waals surface area contributed by atoms with Gasteiger partial charge in [-0.25, -0.2) is 4.39 Å². The maximum atomic E-state index is 13.0. The molecule has 0 spiro atoms. The first-order valence-electron chi connectivity index (χ1n) is 6.43. The molecule has 2 atom stereocenters. The largest absolute Gasteiger partial charge is 0.324 e. The van der Waals surface area contributed by atoms with Gasteiger partial charge in [0.15, 0.2) is 0 Å². The Morgan fingerprint density at radius 3 is 2.79 bits per heavy atom. The Morgan fingerprint density at radius 1 is 1.26 bits per heavy atom. The zero-order valence-corrected chi connectivity index (χ0v) is 11.2. The number of hydrogen-bond donors (Lipinski definition) is 1. The Kier molecular flexibility index (Phi) is 3.29. The van der Waals surface area contributed by atoms with E-state index in [2.05, 4.69) is 24.3 Å². The summed E-state index contributed by atoms with van der Waals surface area (Å²) in [6, 6.07) is 12.7. The summed E-state index contributed by atoms with van der Waals surface area (Å²) >= 11 is 6.05. The van der Waals surface area contributed by atoms with E-state index in [-0.39, 0.29) is 11.9 Å². The van der Waals surface area contributed by atoms with Crippen LogP contribution in [0.5, 0.6) is 0 Å². The molecule has 1 nitrogen and oxygen atoms in total. The predicted octanol–water partition coefficient (Wildman–Crippen LogP) is 4.21. The Bertz CT molecular complexity index is 611. The van der Waals surface area contributed by atoms with E-state index in [1.165, 1.54) is 23.3 Å². The van der Waals surface area contributed by atoms with E-state index in [9.17, 15) is 4.39 Å². The highest BCUT2D eigenvalue weighted by atomic mass is 35.5. The zero-order chi connectivity index (χ0) is 13.4. The van der Waals surface area contributed by atoms with Gasteiger partial charge in [-0.15, -0.1) is 0 Å². The van der Waals surface area contributed by atoms with Crippen molar-refractivity contribution < 1.29 is 4.39 Å². The van der Waals surface area contributed by atoms with Crippen molar-refractivity contribution in [3.05, 3.63) is 70.0 Å². The molecule has 0 radical (unpaired) electrons. The van der Waals surface area contributed by atoms with E-state index < -0.39 is 0 Å². The molecule has 0 saturated carbocycles. The van der Waals surface area contributed by atoms with Crippen molar-refractivity contribution in [3.63, 3.8) is 0 Å². The molecule has 2 aromatic rings. The Morgan fingerprint density at radius 2 is 2.05 bits per heavy atom. The highest BCUT2D eigenvalue weighted by Crippen LogP contribution is 2.40. The summed E-state index contributed by atoms with van der Waals surface area (Å²) in [6.07, 6.45) is 1.92. The summed E-state index contributed by atoms with van der Waals surface area (Å²) in [5, 5.41) is 0.417. The molecule has 0 aromatic heterocycles. The molecule has 3 rings (SSSR count). The summed E-state index contributed by atoms with van der Waals surface area (Å²) in [5.74, 6) is 0.169. The van der Waals surface area contributed by atoms with Crippen LogP contribution in [0.4, 0.5) is 4.39 Å². The average Bonchev–Trinajstić information content (AvgIpc) is 2.35. The molecule has 2 N–H and O–H groups in total. The molecule has 1 aliphatic rings. The van der Waals surface area contributed by atoms with Crippen LogP contribution in [-0.4, -0.2) is 0 Å². The molecular weight excluding hydrogens is 261 g/mol. The number of nitrogens with two attached hydrogens (primary N) is 1. The molecule has 0 aliphatic heterocycles. The fraction of sp³-hybridized carbons (Fsp3) is 0.250. The van der Waals surface area contributed by atoms with Gasteiger partial charge in [0.05, 0.1) is 0 Å². The molecule has 3 heteroatoms. The van der Waals surface area contributed by atoms with Crippen LogP contribution < -0.4 is 5.73 Å². The fourth-order valence-corrected chi connectivity index (χ4v) is 3.12. The van der Waals surface area contributed by atoms with Crippen LogP contribution in [0.25, 0.3) is 0 Å². The van der Waals surface area contributed by atoms with Crippen LogP contribution in [0.2, 0.25) is 5.02 Å². The summed E-state index contributed by atoms with van der Waals surface area (Å²) < 4.78 is 13.0. The minimum Gasteiger partial charge on any atom is -0.324 e. The van der Waals surface area contributed by atoms with Crippen LogP contribution in [0.1, 0.15) is 35.1 Å². The third-order valence-corrected chi connectivity index (χ3v) is 4.19. The summed E-state index contributed by atoms with van der Waals surface area (Å²) in [6.45, 7) is 0. The second-order valence-electron chi connectivity index (χ2n) is 5.11. The lowest BCUT2D eigenvalue weighted by Gasteiger charge is -2.32. The van der Waals surface area contributed by atoms with Crippen LogP contribution in [-0.2, 0) is 6.42 Å². The highest BCUT2D eigenvalue weighted by Gasteiger charge is 2.27. The Hall–Kier alpha value is -1.38. The molecule has 0 heterocycles. The second kappa shape index (κ2) is 4.95. The number of benzene rings is 2. The van der Waals surface area contributed by atoms with E-state index >= 15 is 0 Å². The first-order valence-corrected chi connectivity index (χ1v) is 6.81. The van der Waals surface area contributed by atoms with E-state index in [0.717, 1.165) is 18.4 Å². The molecule has 19 heavy (non-hydrogen) atoms. The van der Waals surface area contributed by atoms with Crippen molar-refractivity contribution in [2.45, 2.75) is 24.8 Å². The SMILES string of the molecule is NC(CC1Cc2ccccc21)c1ccc(F)cc1Cl. The monoisotopic (exact) mass is 275 g/mol. The van der Waals surface area contributed by atoms with E-state index in [1.807, 2.05) is 0 Å². The van der Waals surface area contributed by atoms with Gasteiger partial charge in [-0.2, -0.15) is 0 Å². The average molecular weight is 276 g/mol. The van der Waals surface area contributed by atoms with Gasteiger partial charge in [-0.05, 0) is 47.6 Å². The van der Waals surface area contributed by atoms with Crippen LogP contribution >= 0.6 is 11.6 Å².